The molecule has 0 fully saturated rings. The van der Waals surface area contributed by atoms with E-state index in [9.17, 15) is 4.79 Å². The number of carbonyl (C=O) groups is 1. The molecule has 25 heavy (non-hydrogen) atoms. The number of hydrogen-bond acceptors (Lipinski definition) is 4. The number of carbonyl (C=O) groups excluding carboxylic acids is 1. The van der Waals surface area contributed by atoms with Crippen LogP contribution in [0.4, 0.5) is 0 Å². The lowest BCUT2D eigenvalue weighted by molar-refractivity contribution is -0.131. The van der Waals surface area contributed by atoms with Crippen molar-refractivity contribution in [2.45, 2.75) is 26.3 Å². The van der Waals surface area contributed by atoms with Gasteiger partial charge in [-0.1, -0.05) is 29.8 Å². The van der Waals surface area contributed by atoms with Gasteiger partial charge in [0.2, 0.25) is 11.8 Å². The lowest BCUT2D eigenvalue weighted by Crippen LogP contribution is -2.31. The molecule has 0 aliphatic heterocycles. The third-order valence-corrected chi connectivity index (χ3v) is 5.38. The molecule has 1 atom stereocenters. The summed E-state index contributed by atoms with van der Waals surface area (Å²) >= 11 is 7.49. The van der Waals surface area contributed by atoms with Crippen LogP contribution < -0.4 is 0 Å². The first-order valence-corrected chi connectivity index (χ1v) is 9.22. The molecule has 0 saturated carbocycles. The van der Waals surface area contributed by atoms with Gasteiger partial charge in [-0.3, -0.25) is 4.79 Å². The average molecular weight is 375 g/mol. The zero-order valence-corrected chi connectivity index (χ0v) is 15.9. The average Bonchev–Trinajstić information content (AvgIpc) is 3.24. The Hall–Kier alpha value is -2.11. The van der Waals surface area contributed by atoms with E-state index >= 15 is 0 Å². The molecule has 3 aromatic rings. The second kappa shape index (κ2) is 7.42. The highest BCUT2D eigenvalue weighted by atomic mass is 35.5. The van der Waals surface area contributed by atoms with Crippen molar-refractivity contribution < 1.29 is 9.21 Å². The predicted molar refractivity (Wildman–Crippen MR) is 101 cm³/mol. The maximum absolute atomic E-state index is 12.7. The number of hydrogen-bond donors (Lipinski definition) is 0. The van der Waals surface area contributed by atoms with Gasteiger partial charge in [0, 0.05) is 12.1 Å². The second-order valence-corrected chi connectivity index (χ2v) is 7.29. The zero-order chi connectivity index (χ0) is 18.0. The molecule has 0 N–H and O–H groups in total. The number of rotatable bonds is 5. The molecular weight excluding hydrogens is 356 g/mol. The largest absolute Gasteiger partial charge is 0.440 e. The molecule has 0 aliphatic carbocycles. The van der Waals surface area contributed by atoms with Gasteiger partial charge in [-0.05, 0) is 43.0 Å². The van der Waals surface area contributed by atoms with E-state index in [-0.39, 0.29) is 18.4 Å². The number of aryl methyl sites for hydroxylation is 1. The number of oxazole rings is 1. The summed E-state index contributed by atoms with van der Waals surface area (Å²) in [6.07, 6.45) is 0.217. The summed E-state index contributed by atoms with van der Waals surface area (Å²) in [5, 5.41) is 2.66. The molecule has 0 spiro atoms. The van der Waals surface area contributed by atoms with Gasteiger partial charge < -0.3 is 9.32 Å². The van der Waals surface area contributed by atoms with Crippen molar-refractivity contribution in [2.75, 3.05) is 7.05 Å². The molecule has 1 amide bonds. The van der Waals surface area contributed by atoms with E-state index < -0.39 is 0 Å². The van der Waals surface area contributed by atoms with Crippen molar-refractivity contribution in [1.82, 2.24) is 9.88 Å². The summed E-state index contributed by atoms with van der Waals surface area (Å²) < 4.78 is 5.71. The third-order valence-electron chi connectivity index (χ3n) is 4.27. The molecular formula is C19H19ClN2O2S. The van der Waals surface area contributed by atoms with Gasteiger partial charge in [-0.15, -0.1) is 11.3 Å². The van der Waals surface area contributed by atoms with Crippen molar-refractivity contribution in [3.63, 3.8) is 0 Å². The number of amides is 1. The lowest BCUT2D eigenvalue weighted by atomic mass is 10.1. The van der Waals surface area contributed by atoms with Crippen molar-refractivity contribution in [3.05, 3.63) is 63.8 Å². The summed E-state index contributed by atoms with van der Waals surface area (Å²) in [6.45, 7) is 3.84. The SMILES string of the molecule is Cc1oc(-c2cccs2)nc1CC(=O)N(C)[C@@H](C)c1ccc(Cl)cc1. The van der Waals surface area contributed by atoms with Crippen LogP contribution in [0.15, 0.2) is 46.2 Å². The molecule has 130 valence electrons. The molecule has 6 heteroatoms. The molecule has 3 rings (SSSR count). The number of benzene rings is 1. The molecule has 4 nitrogen and oxygen atoms in total. The van der Waals surface area contributed by atoms with E-state index in [0.29, 0.717) is 22.4 Å². The number of likely N-dealkylation sites (N-methyl/N-ethyl adjacent to an activating group) is 1. The van der Waals surface area contributed by atoms with Gasteiger partial charge in [0.25, 0.3) is 0 Å². The Labute approximate surface area is 156 Å². The third kappa shape index (κ3) is 3.94. The number of halogens is 1. The van der Waals surface area contributed by atoms with Gasteiger partial charge >= 0.3 is 0 Å². The zero-order valence-electron chi connectivity index (χ0n) is 14.3. The van der Waals surface area contributed by atoms with Crippen LogP contribution >= 0.6 is 22.9 Å². The molecule has 0 unspecified atom stereocenters. The van der Waals surface area contributed by atoms with Gasteiger partial charge in [0.15, 0.2) is 0 Å². The summed E-state index contributed by atoms with van der Waals surface area (Å²) in [5.41, 5.74) is 1.72. The van der Waals surface area contributed by atoms with Crippen molar-refractivity contribution >= 4 is 28.8 Å². The Kier molecular flexibility index (Phi) is 5.25. The fraction of sp³-hybridized carbons (Fsp3) is 0.263. The van der Waals surface area contributed by atoms with Crippen LogP contribution in [0, 0.1) is 6.92 Å². The first kappa shape index (κ1) is 17.7. The molecule has 0 aliphatic rings. The molecule has 2 aromatic heterocycles. The fourth-order valence-electron chi connectivity index (χ4n) is 2.55. The van der Waals surface area contributed by atoms with Gasteiger partial charge in [0.1, 0.15) is 5.76 Å². The van der Waals surface area contributed by atoms with Crippen LogP contribution in [0.3, 0.4) is 0 Å². The Bertz CT molecular complexity index is 856. The summed E-state index contributed by atoms with van der Waals surface area (Å²) in [4.78, 5) is 19.8. The molecule has 0 bridgehead atoms. The summed E-state index contributed by atoms with van der Waals surface area (Å²) in [5.74, 6) is 1.25. The highest BCUT2D eigenvalue weighted by molar-refractivity contribution is 7.13. The summed E-state index contributed by atoms with van der Waals surface area (Å²) in [7, 11) is 1.80. The van der Waals surface area contributed by atoms with Crippen molar-refractivity contribution in [2.24, 2.45) is 0 Å². The minimum Gasteiger partial charge on any atom is -0.440 e. The summed E-state index contributed by atoms with van der Waals surface area (Å²) in [6, 6.07) is 11.4. The van der Waals surface area contributed by atoms with Crippen molar-refractivity contribution in [3.8, 4) is 10.8 Å². The fourth-order valence-corrected chi connectivity index (χ4v) is 3.32. The topological polar surface area (TPSA) is 46.3 Å². The number of nitrogens with zero attached hydrogens (tertiary/aromatic N) is 2. The van der Waals surface area contributed by atoms with E-state index in [0.717, 1.165) is 10.4 Å². The lowest BCUT2D eigenvalue weighted by Gasteiger charge is -2.25. The monoisotopic (exact) mass is 374 g/mol. The highest BCUT2D eigenvalue weighted by Crippen LogP contribution is 2.27. The van der Waals surface area contributed by atoms with E-state index in [2.05, 4.69) is 4.98 Å². The van der Waals surface area contributed by atoms with E-state index in [1.54, 1.807) is 23.3 Å². The van der Waals surface area contributed by atoms with E-state index in [1.165, 1.54) is 0 Å². The van der Waals surface area contributed by atoms with Crippen LogP contribution in [0.5, 0.6) is 0 Å². The van der Waals surface area contributed by atoms with Crippen LogP contribution in [0.25, 0.3) is 10.8 Å². The van der Waals surface area contributed by atoms with E-state index in [1.807, 2.05) is 55.6 Å². The van der Waals surface area contributed by atoms with Crippen LogP contribution in [0.1, 0.15) is 30.0 Å². The van der Waals surface area contributed by atoms with Crippen LogP contribution in [-0.4, -0.2) is 22.8 Å². The minimum absolute atomic E-state index is 0.00317. The number of aromatic nitrogens is 1. The molecule has 0 radical (unpaired) electrons. The Balaban J connectivity index is 1.72. The first-order chi connectivity index (χ1) is 12.0. The Morgan fingerprint density at radius 3 is 2.68 bits per heavy atom. The normalized spacial score (nSPS) is 12.2. The first-order valence-electron chi connectivity index (χ1n) is 7.97. The predicted octanol–water partition coefficient (Wildman–Crippen LogP) is 5.13. The maximum atomic E-state index is 12.7. The molecule has 1 aromatic carbocycles. The second-order valence-electron chi connectivity index (χ2n) is 5.91. The maximum Gasteiger partial charge on any atom is 0.236 e. The van der Waals surface area contributed by atoms with Crippen LogP contribution in [-0.2, 0) is 11.2 Å². The van der Waals surface area contributed by atoms with Gasteiger partial charge in [0.05, 0.1) is 23.0 Å². The number of thiophene rings is 1. The Morgan fingerprint density at radius 2 is 2.04 bits per heavy atom. The molecule has 2 heterocycles. The standard InChI is InChI=1S/C19H19ClN2O2S/c1-12(14-6-8-15(20)9-7-14)22(3)18(23)11-16-13(2)24-19(21-16)17-5-4-10-25-17/h4-10,12H,11H2,1-3H3/t12-/m0/s1. The van der Waals surface area contributed by atoms with Gasteiger partial charge in [-0.2, -0.15) is 0 Å². The quantitative estimate of drug-likeness (QED) is 0.622. The minimum atomic E-state index is -0.0475. The Morgan fingerprint density at radius 1 is 1.32 bits per heavy atom. The van der Waals surface area contributed by atoms with Crippen LogP contribution in [0.2, 0.25) is 5.02 Å². The van der Waals surface area contributed by atoms with E-state index in [4.69, 9.17) is 16.0 Å². The highest BCUT2D eigenvalue weighted by Gasteiger charge is 2.21. The van der Waals surface area contributed by atoms with Gasteiger partial charge in [-0.25, -0.2) is 4.98 Å². The molecule has 0 saturated heterocycles. The van der Waals surface area contributed by atoms with Crippen molar-refractivity contribution in [1.29, 1.82) is 0 Å². The smallest absolute Gasteiger partial charge is 0.236 e.